The highest BCUT2D eigenvalue weighted by atomic mass is 31.2. The fourth-order valence-corrected chi connectivity index (χ4v) is 4.08. The highest BCUT2D eigenvalue weighted by Crippen LogP contribution is 2.58. The Labute approximate surface area is 172 Å². The molecule has 1 unspecified atom stereocenters. The zero-order chi connectivity index (χ0) is 23.1. The maximum Gasteiger partial charge on any atom is 0.350 e. The van der Waals surface area contributed by atoms with Gasteiger partial charge in [0.15, 0.2) is 16.8 Å². The molecule has 0 saturated heterocycles. The molecule has 2 aromatic carbocycles. The van der Waals surface area contributed by atoms with E-state index >= 15 is 0 Å². The van der Waals surface area contributed by atoms with Gasteiger partial charge in [-0.2, -0.15) is 0 Å². The number of non-ortho nitro benzene ring substituents is 1. The van der Waals surface area contributed by atoms with E-state index < -0.39 is 46.8 Å². The first-order valence-electron chi connectivity index (χ1n) is 8.53. The Kier molecular flexibility index (Phi) is 5.46. The summed E-state index contributed by atoms with van der Waals surface area (Å²) in [5, 5.41) is 19.2. The quantitative estimate of drug-likeness (QED) is 0.130. The average molecular weight is 452 g/mol. The molecule has 0 aliphatic rings. The molecule has 31 heavy (non-hydrogen) atoms. The summed E-state index contributed by atoms with van der Waals surface area (Å²) >= 11 is 0. The predicted octanol–water partition coefficient (Wildman–Crippen LogP) is 0.371. The van der Waals surface area contributed by atoms with Crippen LogP contribution in [0.4, 0.5) is 5.69 Å². The minimum atomic E-state index is -5.24. The number of aromatic nitrogens is 2. The van der Waals surface area contributed by atoms with Crippen LogP contribution in [0.2, 0.25) is 0 Å². The van der Waals surface area contributed by atoms with Crippen LogP contribution in [0.1, 0.15) is 11.1 Å². The maximum absolute atomic E-state index is 12.4. The summed E-state index contributed by atoms with van der Waals surface area (Å²) in [5.74, 6) is -0.741. The number of methoxy groups -OCH3 is 1. The van der Waals surface area contributed by atoms with E-state index in [1.54, 1.807) is 0 Å². The molecule has 0 fully saturated rings. The van der Waals surface area contributed by atoms with Gasteiger partial charge in [-0.3, -0.25) is 24.3 Å². The summed E-state index contributed by atoms with van der Waals surface area (Å²) in [6, 6.07) is 5.79. The number of nitrogens with one attached hydrogen (secondary N) is 2. The number of hydrogen-bond acceptors (Lipinski definition) is 8. The number of nitro benzene ring substituents is 1. The third-order valence-corrected chi connectivity index (χ3v) is 6.21. The number of aromatic amines is 2. The summed E-state index contributed by atoms with van der Waals surface area (Å²) in [4.78, 5) is 58.5. The Morgan fingerprint density at radius 1 is 1.23 bits per heavy atom. The molecule has 1 heterocycles. The standard InChI is InChI=1S/C17H17N4O9P/c1-30-12-4-2-3-10(14(12)22)17(18,31(27,28)29)7-8-5-9(21(25)26)6-11-13(8)20-16(24)15(23)19-11/h2-6,22H,7,18H2,1H3,(H,19,23)(H,20,24)(H2,27,28,29). The molecule has 0 bridgehead atoms. The summed E-state index contributed by atoms with van der Waals surface area (Å²) < 4.78 is 17.4. The molecule has 164 valence electrons. The van der Waals surface area contributed by atoms with E-state index in [1.165, 1.54) is 25.3 Å². The number of phenolic OH excluding ortho intramolecular Hbond substituents is 1. The zero-order valence-electron chi connectivity index (χ0n) is 15.9. The first kappa shape index (κ1) is 22.2. The van der Waals surface area contributed by atoms with Crippen molar-refractivity contribution in [3.63, 3.8) is 0 Å². The van der Waals surface area contributed by atoms with E-state index in [9.17, 15) is 39.2 Å². The smallest absolute Gasteiger partial charge is 0.350 e. The largest absolute Gasteiger partial charge is 0.504 e. The van der Waals surface area contributed by atoms with Crippen LogP contribution in [0.5, 0.6) is 11.5 Å². The minimum absolute atomic E-state index is 0.109. The normalized spacial score (nSPS) is 13.7. The van der Waals surface area contributed by atoms with Crippen molar-refractivity contribution in [1.82, 2.24) is 9.97 Å². The Morgan fingerprint density at radius 2 is 1.87 bits per heavy atom. The summed E-state index contributed by atoms with van der Waals surface area (Å²) in [6.07, 6.45) is -0.752. The highest BCUT2D eigenvalue weighted by molar-refractivity contribution is 7.53. The van der Waals surface area contributed by atoms with Gasteiger partial charge in [-0.05, 0) is 11.6 Å². The van der Waals surface area contributed by atoms with Crippen molar-refractivity contribution >= 4 is 24.3 Å². The van der Waals surface area contributed by atoms with Crippen molar-refractivity contribution in [3.05, 3.63) is 72.3 Å². The van der Waals surface area contributed by atoms with Crippen molar-refractivity contribution in [3.8, 4) is 11.5 Å². The zero-order valence-corrected chi connectivity index (χ0v) is 16.8. The van der Waals surface area contributed by atoms with Gasteiger partial charge in [0.1, 0.15) is 0 Å². The van der Waals surface area contributed by atoms with Gasteiger partial charge in [0.05, 0.1) is 23.1 Å². The lowest BCUT2D eigenvalue weighted by Gasteiger charge is -2.32. The molecule has 14 heteroatoms. The van der Waals surface area contributed by atoms with Crippen molar-refractivity contribution in [2.45, 2.75) is 11.7 Å². The second-order valence-corrected chi connectivity index (χ2v) is 8.58. The van der Waals surface area contributed by atoms with Gasteiger partial charge in [0.25, 0.3) is 5.69 Å². The number of phenols is 1. The molecule has 1 aromatic heterocycles. The van der Waals surface area contributed by atoms with Crippen molar-refractivity contribution in [1.29, 1.82) is 0 Å². The Morgan fingerprint density at radius 3 is 2.45 bits per heavy atom. The SMILES string of the molecule is COc1cccc(C(N)(Cc2cc([N+](=O)[O-])cc3[nH]c(=O)c(=O)[nH]c23)P(=O)(O)O)c1O. The molecule has 0 radical (unpaired) electrons. The summed E-state index contributed by atoms with van der Waals surface area (Å²) in [5.41, 5.74) is 2.67. The number of nitrogens with two attached hydrogens (primary N) is 1. The monoisotopic (exact) mass is 452 g/mol. The van der Waals surface area contributed by atoms with Crippen LogP contribution in [0, 0.1) is 10.1 Å². The Bertz CT molecular complexity index is 1360. The number of fused-ring (bicyclic) bond motifs is 1. The number of para-hydroxylation sites is 1. The van der Waals surface area contributed by atoms with Crippen LogP contribution in [0.15, 0.2) is 39.9 Å². The fraction of sp³-hybridized carbons (Fsp3) is 0.176. The number of aromatic hydroxyl groups is 1. The van der Waals surface area contributed by atoms with Crippen LogP contribution >= 0.6 is 7.60 Å². The molecule has 13 nitrogen and oxygen atoms in total. The average Bonchev–Trinajstić information content (AvgIpc) is 2.68. The summed E-state index contributed by atoms with van der Waals surface area (Å²) in [6.45, 7) is 0. The van der Waals surface area contributed by atoms with Crippen LogP contribution in [0.3, 0.4) is 0 Å². The lowest BCUT2D eigenvalue weighted by molar-refractivity contribution is -0.384. The number of nitrogens with zero attached hydrogens (tertiary/aromatic N) is 1. The van der Waals surface area contributed by atoms with E-state index in [0.717, 1.165) is 12.1 Å². The molecular formula is C17H17N4O9P. The molecule has 3 rings (SSSR count). The van der Waals surface area contributed by atoms with Crippen molar-refractivity contribution in [2.75, 3.05) is 7.11 Å². The first-order chi connectivity index (χ1) is 14.4. The number of benzene rings is 2. The third-order valence-electron chi connectivity index (χ3n) is 4.77. The fourth-order valence-electron chi connectivity index (χ4n) is 3.21. The van der Waals surface area contributed by atoms with Gasteiger partial charge in [0.2, 0.25) is 0 Å². The molecule has 0 aliphatic carbocycles. The Balaban J connectivity index is 2.34. The molecule has 3 aromatic rings. The van der Waals surface area contributed by atoms with Crippen molar-refractivity contribution in [2.24, 2.45) is 5.73 Å². The topological polar surface area (TPSA) is 222 Å². The maximum atomic E-state index is 12.4. The number of hydrogen-bond donors (Lipinski definition) is 6. The molecule has 0 saturated carbocycles. The van der Waals surface area contributed by atoms with E-state index in [4.69, 9.17) is 10.5 Å². The molecule has 0 amide bonds. The van der Waals surface area contributed by atoms with Gasteiger partial charge in [-0.1, -0.05) is 12.1 Å². The number of ether oxygens (including phenoxy) is 1. The summed E-state index contributed by atoms with van der Waals surface area (Å²) in [7, 11) is -4.02. The van der Waals surface area contributed by atoms with Crippen LogP contribution < -0.4 is 21.6 Å². The molecule has 0 spiro atoms. The molecule has 0 aliphatic heterocycles. The van der Waals surface area contributed by atoms with Gasteiger partial charge in [0, 0.05) is 24.1 Å². The van der Waals surface area contributed by atoms with Crippen LogP contribution in [0.25, 0.3) is 11.0 Å². The van der Waals surface area contributed by atoms with E-state index in [1.807, 2.05) is 0 Å². The van der Waals surface area contributed by atoms with Gasteiger partial charge >= 0.3 is 18.7 Å². The second kappa shape index (κ2) is 7.63. The third kappa shape index (κ3) is 3.82. The van der Waals surface area contributed by atoms with E-state index in [-0.39, 0.29) is 27.9 Å². The molecule has 1 atom stereocenters. The van der Waals surface area contributed by atoms with Gasteiger partial charge in [-0.25, -0.2) is 0 Å². The van der Waals surface area contributed by atoms with Crippen LogP contribution in [-0.4, -0.2) is 36.9 Å². The van der Waals surface area contributed by atoms with Gasteiger partial charge < -0.3 is 35.3 Å². The lowest BCUT2D eigenvalue weighted by atomic mass is 9.96. The predicted molar refractivity (Wildman–Crippen MR) is 108 cm³/mol. The molecular weight excluding hydrogens is 435 g/mol. The number of H-pyrrole nitrogens is 2. The first-order valence-corrected chi connectivity index (χ1v) is 10.1. The minimum Gasteiger partial charge on any atom is -0.504 e. The number of rotatable bonds is 6. The van der Waals surface area contributed by atoms with E-state index in [0.29, 0.717) is 0 Å². The van der Waals surface area contributed by atoms with Gasteiger partial charge in [-0.15, -0.1) is 0 Å². The van der Waals surface area contributed by atoms with E-state index in [2.05, 4.69) is 9.97 Å². The highest BCUT2D eigenvalue weighted by Gasteiger charge is 2.47. The Hall–Kier alpha value is -3.51. The number of nitro groups is 1. The molecule has 7 N–H and O–H groups in total. The van der Waals surface area contributed by atoms with Crippen LogP contribution in [-0.2, 0) is 16.3 Å². The van der Waals surface area contributed by atoms with Crippen molar-refractivity contribution < 1.29 is 29.1 Å². The second-order valence-electron chi connectivity index (χ2n) is 6.69. The lowest BCUT2D eigenvalue weighted by Crippen LogP contribution is -2.39.